The number of nitrogens with one attached hydrogen (secondary N) is 1. The Balaban J connectivity index is 1.94. The minimum atomic E-state index is -0.651. The molecule has 0 atom stereocenters. The third kappa shape index (κ3) is 4.86. The molecule has 3 rings (SSSR count). The van der Waals surface area contributed by atoms with Gasteiger partial charge in [-0.2, -0.15) is 0 Å². The summed E-state index contributed by atoms with van der Waals surface area (Å²) in [5, 5.41) is 13.9. The molecule has 0 aliphatic carbocycles. The molecule has 0 bridgehead atoms. The van der Waals surface area contributed by atoms with Gasteiger partial charge in [-0.15, -0.1) is 11.3 Å². The Kier molecular flexibility index (Phi) is 6.61. The molecule has 1 aromatic carbocycles. The van der Waals surface area contributed by atoms with Gasteiger partial charge in [0.05, 0.1) is 23.3 Å². The lowest BCUT2D eigenvalue weighted by atomic mass is 10.1. The predicted octanol–water partition coefficient (Wildman–Crippen LogP) is 3.61. The van der Waals surface area contributed by atoms with E-state index in [1.165, 1.54) is 11.3 Å². The Hall–Kier alpha value is -3.79. The number of ether oxygens (including phenoxy) is 1. The Labute approximate surface area is 181 Å². The summed E-state index contributed by atoms with van der Waals surface area (Å²) in [6.45, 7) is 3.18. The van der Waals surface area contributed by atoms with Gasteiger partial charge < -0.3 is 10.1 Å². The number of carbonyl (C=O) groups excluding carboxylic acids is 2. The molecule has 1 N–H and O–H groups in total. The van der Waals surface area contributed by atoms with Crippen molar-refractivity contribution in [3.05, 3.63) is 80.3 Å². The van der Waals surface area contributed by atoms with Crippen LogP contribution in [0.2, 0.25) is 0 Å². The summed E-state index contributed by atoms with van der Waals surface area (Å²) in [6, 6.07) is 11.5. The van der Waals surface area contributed by atoms with E-state index in [0.717, 1.165) is 33.3 Å². The Morgan fingerprint density at radius 2 is 1.90 bits per heavy atom. The van der Waals surface area contributed by atoms with Crippen LogP contribution in [0, 0.1) is 17.0 Å². The molecule has 0 saturated carbocycles. The van der Waals surface area contributed by atoms with E-state index in [4.69, 9.17) is 4.74 Å². The van der Waals surface area contributed by atoms with Gasteiger partial charge in [-0.25, -0.2) is 4.79 Å². The number of anilines is 1. The molecule has 0 aliphatic rings. The standard InChI is InChI=1S/C21H19N3O6S/c1-3-30-21(27)18-13(2)19(14-7-5-4-6-8-14)31-20(18)22-16(25)12-23-11-15(24(28)29)9-10-17(23)26/h4-11H,3,12H2,1-2H3,(H,22,25). The van der Waals surface area contributed by atoms with Gasteiger partial charge in [0.25, 0.3) is 11.2 Å². The first-order chi connectivity index (χ1) is 14.8. The van der Waals surface area contributed by atoms with Crippen molar-refractivity contribution in [1.82, 2.24) is 4.57 Å². The summed E-state index contributed by atoms with van der Waals surface area (Å²) in [5.74, 6) is -1.17. The Morgan fingerprint density at radius 3 is 2.55 bits per heavy atom. The number of hydrogen-bond acceptors (Lipinski definition) is 7. The summed E-state index contributed by atoms with van der Waals surface area (Å²) in [4.78, 5) is 48.2. The highest BCUT2D eigenvalue weighted by Crippen LogP contribution is 2.40. The molecule has 31 heavy (non-hydrogen) atoms. The number of benzene rings is 1. The van der Waals surface area contributed by atoms with Crippen LogP contribution in [0.25, 0.3) is 10.4 Å². The van der Waals surface area contributed by atoms with E-state index in [0.29, 0.717) is 10.6 Å². The zero-order valence-electron chi connectivity index (χ0n) is 16.8. The van der Waals surface area contributed by atoms with Crippen LogP contribution in [-0.2, 0) is 16.1 Å². The Bertz CT molecular complexity index is 1200. The van der Waals surface area contributed by atoms with Gasteiger partial charge >= 0.3 is 5.97 Å². The number of aromatic nitrogens is 1. The summed E-state index contributed by atoms with van der Waals surface area (Å²) in [5.41, 5.74) is 0.922. The van der Waals surface area contributed by atoms with Crippen LogP contribution in [0.3, 0.4) is 0 Å². The van der Waals surface area contributed by atoms with E-state index in [2.05, 4.69) is 5.32 Å². The number of nitro groups is 1. The second kappa shape index (κ2) is 9.35. The first kappa shape index (κ1) is 21.9. The highest BCUT2D eigenvalue weighted by atomic mass is 32.1. The van der Waals surface area contributed by atoms with Crippen LogP contribution in [-0.4, -0.2) is 28.0 Å². The molecule has 10 heteroatoms. The predicted molar refractivity (Wildman–Crippen MR) is 116 cm³/mol. The summed E-state index contributed by atoms with van der Waals surface area (Å²) in [7, 11) is 0. The smallest absolute Gasteiger partial charge is 0.341 e. The third-order valence-corrected chi connectivity index (χ3v) is 5.66. The van der Waals surface area contributed by atoms with E-state index in [9.17, 15) is 24.5 Å². The van der Waals surface area contributed by atoms with Crippen molar-refractivity contribution in [2.45, 2.75) is 20.4 Å². The molecule has 9 nitrogen and oxygen atoms in total. The fraction of sp³-hybridized carbons (Fsp3) is 0.190. The molecule has 0 fully saturated rings. The van der Waals surface area contributed by atoms with Crippen molar-refractivity contribution in [3.63, 3.8) is 0 Å². The van der Waals surface area contributed by atoms with Crippen LogP contribution >= 0.6 is 11.3 Å². The molecule has 160 valence electrons. The van der Waals surface area contributed by atoms with Crippen LogP contribution in [0.1, 0.15) is 22.8 Å². The molecule has 3 aromatic rings. The van der Waals surface area contributed by atoms with Gasteiger partial charge in [0.15, 0.2) is 0 Å². The van der Waals surface area contributed by atoms with Gasteiger partial charge in [0.2, 0.25) is 5.91 Å². The normalized spacial score (nSPS) is 10.5. The molecule has 0 spiro atoms. The topological polar surface area (TPSA) is 121 Å². The minimum absolute atomic E-state index is 0.172. The molecule has 2 aromatic heterocycles. The second-order valence-corrected chi connectivity index (χ2v) is 7.53. The maximum Gasteiger partial charge on any atom is 0.341 e. The molecule has 0 radical (unpaired) electrons. The fourth-order valence-electron chi connectivity index (χ4n) is 2.99. The lowest BCUT2D eigenvalue weighted by Crippen LogP contribution is -2.27. The highest BCUT2D eigenvalue weighted by Gasteiger charge is 2.24. The number of esters is 1. The van der Waals surface area contributed by atoms with Crippen molar-refractivity contribution >= 4 is 33.9 Å². The van der Waals surface area contributed by atoms with Gasteiger partial charge in [0, 0.05) is 17.0 Å². The quantitative estimate of drug-likeness (QED) is 0.340. The zero-order valence-corrected chi connectivity index (χ0v) is 17.6. The highest BCUT2D eigenvalue weighted by molar-refractivity contribution is 7.20. The summed E-state index contributed by atoms with van der Waals surface area (Å²) >= 11 is 1.22. The summed E-state index contributed by atoms with van der Waals surface area (Å²) in [6.07, 6.45) is 1.00. The largest absolute Gasteiger partial charge is 0.462 e. The van der Waals surface area contributed by atoms with Gasteiger partial charge in [-0.3, -0.25) is 24.3 Å². The van der Waals surface area contributed by atoms with E-state index in [1.807, 2.05) is 30.3 Å². The van der Waals surface area contributed by atoms with E-state index < -0.39 is 28.9 Å². The SMILES string of the molecule is CCOC(=O)c1c(NC(=O)Cn2cc([N+](=O)[O-])ccc2=O)sc(-c2ccccc2)c1C. The van der Waals surface area contributed by atoms with Crippen molar-refractivity contribution < 1.29 is 19.2 Å². The second-order valence-electron chi connectivity index (χ2n) is 6.51. The minimum Gasteiger partial charge on any atom is -0.462 e. The lowest BCUT2D eigenvalue weighted by molar-refractivity contribution is -0.385. The third-order valence-electron chi connectivity index (χ3n) is 4.41. The number of nitrogens with zero attached hydrogens (tertiary/aromatic N) is 2. The maximum atomic E-state index is 12.6. The number of hydrogen-bond donors (Lipinski definition) is 1. The van der Waals surface area contributed by atoms with Crippen molar-refractivity contribution in [1.29, 1.82) is 0 Å². The molecule has 0 saturated heterocycles. The molecule has 0 aliphatic heterocycles. The van der Waals surface area contributed by atoms with Crippen LogP contribution in [0.4, 0.5) is 10.7 Å². The van der Waals surface area contributed by atoms with E-state index in [-0.39, 0.29) is 17.9 Å². The van der Waals surface area contributed by atoms with Gasteiger partial charge in [-0.1, -0.05) is 30.3 Å². The van der Waals surface area contributed by atoms with Crippen LogP contribution in [0.5, 0.6) is 0 Å². The first-order valence-corrected chi connectivity index (χ1v) is 10.1. The van der Waals surface area contributed by atoms with E-state index in [1.54, 1.807) is 13.8 Å². The first-order valence-electron chi connectivity index (χ1n) is 9.32. The van der Waals surface area contributed by atoms with Gasteiger partial charge in [0.1, 0.15) is 11.5 Å². The average Bonchev–Trinajstić information content (AvgIpc) is 3.06. The average molecular weight is 441 g/mol. The summed E-state index contributed by atoms with van der Waals surface area (Å²) < 4.78 is 6.09. The maximum absolute atomic E-state index is 12.6. The van der Waals surface area contributed by atoms with Crippen molar-refractivity contribution in [2.24, 2.45) is 0 Å². The number of rotatable bonds is 7. The molecular formula is C21H19N3O6S. The number of thiophene rings is 1. The van der Waals surface area contributed by atoms with Crippen molar-refractivity contribution in [3.8, 4) is 10.4 Å². The number of pyridine rings is 1. The van der Waals surface area contributed by atoms with Gasteiger partial charge in [-0.05, 0) is 25.0 Å². The molecule has 0 unspecified atom stereocenters. The molecular weight excluding hydrogens is 422 g/mol. The Morgan fingerprint density at radius 1 is 1.19 bits per heavy atom. The monoisotopic (exact) mass is 441 g/mol. The fourth-order valence-corrected chi connectivity index (χ4v) is 4.20. The number of amides is 1. The lowest BCUT2D eigenvalue weighted by Gasteiger charge is -2.08. The number of carbonyl (C=O) groups is 2. The molecule has 1 amide bonds. The van der Waals surface area contributed by atoms with Crippen LogP contribution < -0.4 is 10.9 Å². The molecule has 2 heterocycles. The van der Waals surface area contributed by atoms with Crippen molar-refractivity contribution in [2.75, 3.05) is 11.9 Å². The zero-order chi connectivity index (χ0) is 22.5. The van der Waals surface area contributed by atoms with Crippen LogP contribution in [0.15, 0.2) is 53.5 Å². The van der Waals surface area contributed by atoms with E-state index >= 15 is 0 Å².